The van der Waals surface area contributed by atoms with Crippen LogP contribution in [0, 0.1) is 0 Å². The number of hydrogen-bond acceptors (Lipinski definition) is 3. The summed E-state index contributed by atoms with van der Waals surface area (Å²) >= 11 is 0. The van der Waals surface area contributed by atoms with E-state index in [0.717, 1.165) is 18.0 Å². The van der Waals surface area contributed by atoms with E-state index >= 15 is 0 Å². The SMILES string of the molecule is COc1cccc([C@H]2CCCN2)c1OC.Cl. The molecule has 1 fully saturated rings. The number of ether oxygens (including phenoxy) is 2. The molecule has 1 aliphatic heterocycles. The molecule has 0 aromatic heterocycles. The monoisotopic (exact) mass is 243 g/mol. The molecule has 1 N–H and O–H groups in total. The van der Waals surface area contributed by atoms with E-state index < -0.39 is 0 Å². The van der Waals surface area contributed by atoms with Crippen LogP contribution in [0.2, 0.25) is 0 Å². The molecule has 0 radical (unpaired) electrons. The third kappa shape index (κ3) is 2.42. The first-order chi connectivity index (χ1) is 7.36. The molecule has 1 atom stereocenters. The highest BCUT2D eigenvalue weighted by Crippen LogP contribution is 2.37. The molecular formula is C12H18ClNO2. The predicted octanol–water partition coefficient (Wildman–Crippen LogP) is 2.55. The van der Waals surface area contributed by atoms with E-state index in [0.29, 0.717) is 6.04 Å². The Kier molecular flexibility index (Phi) is 4.90. The third-order valence-electron chi connectivity index (χ3n) is 2.87. The first kappa shape index (κ1) is 13.1. The molecule has 0 aliphatic carbocycles. The maximum Gasteiger partial charge on any atom is 0.165 e. The van der Waals surface area contributed by atoms with Crippen LogP contribution in [0.25, 0.3) is 0 Å². The molecule has 1 heterocycles. The summed E-state index contributed by atoms with van der Waals surface area (Å²) in [4.78, 5) is 0. The molecular weight excluding hydrogens is 226 g/mol. The highest BCUT2D eigenvalue weighted by atomic mass is 35.5. The molecule has 0 bridgehead atoms. The molecule has 90 valence electrons. The van der Waals surface area contributed by atoms with E-state index in [2.05, 4.69) is 11.4 Å². The van der Waals surface area contributed by atoms with E-state index in [1.165, 1.54) is 18.4 Å². The summed E-state index contributed by atoms with van der Waals surface area (Å²) < 4.78 is 10.7. The van der Waals surface area contributed by atoms with E-state index in [4.69, 9.17) is 9.47 Å². The van der Waals surface area contributed by atoms with Crippen LogP contribution in [0.1, 0.15) is 24.4 Å². The molecule has 0 amide bonds. The van der Waals surface area contributed by atoms with Gasteiger partial charge in [0.1, 0.15) is 0 Å². The Balaban J connectivity index is 0.00000128. The number of rotatable bonds is 3. The van der Waals surface area contributed by atoms with Crippen molar-refractivity contribution in [2.24, 2.45) is 0 Å². The first-order valence-corrected chi connectivity index (χ1v) is 5.31. The van der Waals surface area contributed by atoms with E-state index in [-0.39, 0.29) is 12.4 Å². The van der Waals surface area contributed by atoms with Gasteiger partial charge >= 0.3 is 0 Å². The Hall–Kier alpha value is -0.930. The van der Waals surface area contributed by atoms with Crippen LogP contribution >= 0.6 is 12.4 Å². The van der Waals surface area contributed by atoms with Gasteiger partial charge in [-0.3, -0.25) is 0 Å². The van der Waals surface area contributed by atoms with Gasteiger partial charge in [0, 0.05) is 11.6 Å². The summed E-state index contributed by atoms with van der Waals surface area (Å²) in [6, 6.07) is 6.45. The van der Waals surface area contributed by atoms with Gasteiger partial charge in [0.15, 0.2) is 11.5 Å². The van der Waals surface area contributed by atoms with Crippen LogP contribution in [-0.2, 0) is 0 Å². The van der Waals surface area contributed by atoms with Crippen molar-refractivity contribution in [1.82, 2.24) is 5.32 Å². The van der Waals surface area contributed by atoms with E-state index in [1.54, 1.807) is 14.2 Å². The maximum absolute atomic E-state index is 5.41. The zero-order chi connectivity index (χ0) is 10.7. The van der Waals surface area contributed by atoms with Gasteiger partial charge in [0.2, 0.25) is 0 Å². The quantitative estimate of drug-likeness (QED) is 0.885. The fraction of sp³-hybridized carbons (Fsp3) is 0.500. The minimum atomic E-state index is 0. The largest absolute Gasteiger partial charge is 0.493 e. The molecule has 1 aromatic rings. The number of methoxy groups -OCH3 is 2. The van der Waals surface area contributed by atoms with Crippen molar-refractivity contribution in [1.29, 1.82) is 0 Å². The summed E-state index contributed by atoms with van der Waals surface area (Å²) in [5, 5.41) is 3.46. The zero-order valence-corrected chi connectivity index (χ0v) is 10.5. The van der Waals surface area contributed by atoms with Crippen LogP contribution in [-0.4, -0.2) is 20.8 Å². The molecule has 0 saturated carbocycles. The van der Waals surface area contributed by atoms with Crippen LogP contribution in [0.5, 0.6) is 11.5 Å². The number of para-hydroxylation sites is 1. The topological polar surface area (TPSA) is 30.5 Å². The van der Waals surface area contributed by atoms with E-state index in [9.17, 15) is 0 Å². The summed E-state index contributed by atoms with van der Waals surface area (Å²) in [5.74, 6) is 1.67. The van der Waals surface area contributed by atoms with Crippen molar-refractivity contribution in [3.05, 3.63) is 23.8 Å². The molecule has 3 nitrogen and oxygen atoms in total. The first-order valence-electron chi connectivity index (χ1n) is 5.31. The fourth-order valence-corrected chi connectivity index (χ4v) is 2.14. The number of benzene rings is 1. The second-order valence-electron chi connectivity index (χ2n) is 3.73. The lowest BCUT2D eigenvalue weighted by molar-refractivity contribution is 0.348. The van der Waals surface area contributed by atoms with Gasteiger partial charge in [0.25, 0.3) is 0 Å². The maximum atomic E-state index is 5.41. The molecule has 1 aliphatic rings. The van der Waals surface area contributed by atoms with Gasteiger partial charge in [-0.25, -0.2) is 0 Å². The van der Waals surface area contributed by atoms with Crippen LogP contribution < -0.4 is 14.8 Å². The van der Waals surface area contributed by atoms with Gasteiger partial charge in [-0.2, -0.15) is 0 Å². The van der Waals surface area contributed by atoms with Gasteiger partial charge in [-0.15, -0.1) is 12.4 Å². The summed E-state index contributed by atoms with van der Waals surface area (Å²) in [6.07, 6.45) is 2.40. The number of halogens is 1. The Labute approximate surface area is 103 Å². The molecule has 0 unspecified atom stereocenters. The van der Waals surface area contributed by atoms with Crippen LogP contribution in [0.15, 0.2) is 18.2 Å². The van der Waals surface area contributed by atoms with Crippen molar-refractivity contribution in [3.63, 3.8) is 0 Å². The average Bonchev–Trinajstić information content (AvgIpc) is 2.81. The minimum absolute atomic E-state index is 0. The smallest absolute Gasteiger partial charge is 0.165 e. The van der Waals surface area contributed by atoms with Crippen molar-refractivity contribution < 1.29 is 9.47 Å². The Morgan fingerprint density at radius 2 is 2.06 bits per heavy atom. The standard InChI is InChI=1S/C12H17NO2.ClH/c1-14-11-7-3-5-9(12(11)15-2)10-6-4-8-13-10;/h3,5,7,10,13H,4,6,8H2,1-2H3;1H/t10-;/m1./s1. The number of hydrogen-bond donors (Lipinski definition) is 1. The summed E-state index contributed by atoms with van der Waals surface area (Å²) in [5.41, 5.74) is 1.20. The average molecular weight is 244 g/mol. The lowest BCUT2D eigenvalue weighted by Gasteiger charge is -2.17. The number of nitrogens with one attached hydrogen (secondary N) is 1. The van der Waals surface area contributed by atoms with Gasteiger partial charge in [0.05, 0.1) is 14.2 Å². The highest BCUT2D eigenvalue weighted by Gasteiger charge is 2.21. The minimum Gasteiger partial charge on any atom is -0.493 e. The Bertz CT molecular complexity index is 338. The Morgan fingerprint density at radius 1 is 1.25 bits per heavy atom. The molecule has 4 heteroatoms. The second kappa shape index (κ2) is 5.97. The molecule has 1 saturated heterocycles. The third-order valence-corrected chi connectivity index (χ3v) is 2.87. The van der Waals surface area contributed by atoms with Gasteiger partial charge < -0.3 is 14.8 Å². The lowest BCUT2D eigenvalue weighted by Crippen LogP contribution is -2.14. The van der Waals surface area contributed by atoms with Crippen LogP contribution in [0.4, 0.5) is 0 Å². The molecule has 16 heavy (non-hydrogen) atoms. The van der Waals surface area contributed by atoms with Gasteiger partial charge in [-0.1, -0.05) is 12.1 Å². The van der Waals surface area contributed by atoms with Crippen LogP contribution in [0.3, 0.4) is 0 Å². The molecule has 1 aromatic carbocycles. The fourth-order valence-electron chi connectivity index (χ4n) is 2.14. The zero-order valence-electron chi connectivity index (χ0n) is 9.66. The van der Waals surface area contributed by atoms with Crippen molar-refractivity contribution in [3.8, 4) is 11.5 Å². The molecule has 0 spiro atoms. The highest BCUT2D eigenvalue weighted by molar-refractivity contribution is 5.85. The van der Waals surface area contributed by atoms with Gasteiger partial charge in [-0.05, 0) is 25.5 Å². The van der Waals surface area contributed by atoms with Crippen molar-refractivity contribution in [2.45, 2.75) is 18.9 Å². The summed E-state index contributed by atoms with van der Waals surface area (Å²) in [7, 11) is 3.36. The normalized spacial score (nSPS) is 19.0. The van der Waals surface area contributed by atoms with Crippen molar-refractivity contribution >= 4 is 12.4 Å². The Morgan fingerprint density at radius 3 is 2.62 bits per heavy atom. The van der Waals surface area contributed by atoms with E-state index in [1.807, 2.05) is 12.1 Å². The molecule has 2 rings (SSSR count). The summed E-state index contributed by atoms with van der Waals surface area (Å²) in [6.45, 7) is 1.09. The second-order valence-corrected chi connectivity index (χ2v) is 3.73. The predicted molar refractivity (Wildman–Crippen MR) is 66.8 cm³/mol. The lowest BCUT2D eigenvalue weighted by atomic mass is 10.0. The van der Waals surface area contributed by atoms with Crippen molar-refractivity contribution in [2.75, 3.05) is 20.8 Å².